The van der Waals surface area contributed by atoms with Crippen LogP contribution in [-0.2, 0) is 16.6 Å². The number of hydrogen-bond donors (Lipinski definition) is 2. The number of hydrogen-bond acceptors (Lipinski definition) is 3. The normalized spacial score (nSPS) is 12.7. The van der Waals surface area contributed by atoms with E-state index < -0.39 is 22.7 Å². The summed E-state index contributed by atoms with van der Waals surface area (Å²) >= 11 is 0. The van der Waals surface area contributed by atoms with Crippen molar-refractivity contribution in [1.82, 2.24) is 4.72 Å². The minimum atomic E-state index is -4.62. The lowest BCUT2D eigenvalue weighted by Crippen LogP contribution is -2.34. The largest absolute Gasteiger partial charge is 0.402 e. The Labute approximate surface area is 102 Å². The zero-order chi connectivity index (χ0) is 14.0. The second-order valence-electron chi connectivity index (χ2n) is 3.64. The van der Waals surface area contributed by atoms with E-state index >= 15 is 0 Å². The number of nitrogens with one attached hydrogen (secondary N) is 1. The summed E-state index contributed by atoms with van der Waals surface area (Å²) in [6, 6.07) is 4.05. The molecule has 0 radical (unpaired) electrons. The molecule has 0 saturated carbocycles. The summed E-state index contributed by atoms with van der Waals surface area (Å²) in [5, 5.41) is 8.97. The summed E-state index contributed by atoms with van der Waals surface area (Å²) in [4.78, 5) is -0.265. The van der Waals surface area contributed by atoms with Gasteiger partial charge in [0.1, 0.15) is 6.54 Å². The zero-order valence-electron chi connectivity index (χ0n) is 9.45. The van der Waals surface area contributed by atoms with Crippen molar-refractivity contribution in [3.05, 3.63) is 29.3 Å². The van der Waals surface area contributed by atoms with Gasteiger partial charge in [-0.05, 0) is 24.1 Å². The van der Waals surface area contributed by atoms with Crippen molar-refractivity contribution in [2.24, 2.45) is 0 Å². The third kappa shape index (κ3) is 3.69. The molecule has 0 heterocycles. The maximum absolute atomic E-state index is 12.0. The lowest BCUT2D eigenvalue weighted by molar-refractivity contribution is -0.121. The van der Waals surface area contributed by atoms with Crippen molar-refractivity contribution < 1.29 is 26.7 Å². The van der Waals surface area contributed by atoms with Crippen molar-refractivity contribution in [1.29, 1.82) is 0 Å². The third-order valence-corrected chi connectivity index (χ3v) is 3.86. The van der Waals surface area contributed by atoms with Gasteiger partial charge in [-0.15, -0.1) is 0 Å². The van der Waals surface area contributed by atoms with Gasteiger partial charge in [-0.1, -0.05) is 12.1 Å². The van der Waals surface area contributed by atoms with Gasteiger partial charge in [-0.3, -0.25) is 0 Å². The smallest absolute Gasteiger partial charge is 0.392 e. The molecule has 0 saturated heterocycles. The fraction of sp³-hybridized carbons (Fsp3) is 0.400. The van der Waals surface area contributed by atoms with Crippen LogP contribution in [-0.4, -0.2) is 26.2 Å². The maximum Gasteiger partial charge on any atom is 0.402 e. The molecular formula is C10H12F3NO3S. The quantitative estimate of drug-likeness (QED) is 0.876. The monoisotopic (exact) mass is 283 g/mol. The van der Waals surface area contributed by atoms with Crippen LogP contribution >= 0.6 is 0 Å². The maximum atomic E-state index is 12.0. The topological polar surface area (TPSA) is 66.4 Å². The van der Waals surface area contributed by atoms with Gasteiger partial charge in [0.25, 0.3) is 0 Å². The summed E-state index contributed by atoms with van der Waals surface area (Å²) in [5.41, 5.74) is 0.583. The van der Waals surface area contributed by atoms with Crippen LogP contribution in [0.2, 0.25) is 0 Å². The van der Waals surface area contributed by atoms with Gasteiger partial charge >= 0.3 is 6.18 Å². The highest BCUT2D eigenvalue weighted by Crippen LogP contribution is 2.20. The van der Waals surface area contributed by atoms with Crippen LogP contribution in [0.4, 0.5) is 13.2 Å². The first-order valence-corrected chi connectivity index (χ1v) is 6.41. The van der Waals surface area contributed by atoms with Crippen LogP contribution < -0.4 is 4.72 Å². The molecule has 0 aliphatic rings. The van der Waals surface area contributed by atoms with Crippen molar-refractivity contribution in [2.45, 2.75) is 24.6 Å². The van der Waals surface area contributed by atoms with Gasteiger partial charge in [0.2, 0.25) is 10.0 Å². The number of halogens is 3. The van der Waals surface area contributed by atoms with Crippen LogP contribution in [0.5, 0.6) is 0 Å². The predicted molar refractivity (Wildman–Crippen MR) is 58.3 cm³/mol. The molecule has 1 rings (SSSR count). The fourth-order valence-corrected chi connectivity index (χ4v) is 2.68. The van der Waals surface area contributed by atoms with E-state index in [9.17, 15) is 21.6 Å². The van der Waals surface area contributed by atoms with Gasteiger partial charge in [-0.25, -0.2) is 13.1 Å². The lowest BCUT2D eigenvalue weighted by Gasteiger charge is -2.12. The Morgan fingerprint density at radius 3 is 2.44 bits per heavy atom. The van der Waals surface area contributed by atoms with Gasteiger partial charge in [0.15, 0.2) is 0 Å². The minimum Gasteiger partial charge on any atom is -0.392 e. The van der Waals surface area contributed by atoms with Crippen LogP contribution in [0.15, 0.2) is 23.1 Å². The van der Waals surface area contributed by atoms with Crippen molar-refractivity contribution >= 4 is 10.0 Å². The van der Waals surface area contributed by atoms with Gasteiger partial charge < -0.3 is 5.11 Å². The molecule has 0 atom stereocenters. The van der Waals surface area contributed by atoms with Crippen molar-refractivity contribution in [3.63, 3.8) is 0 Å². The molecule has 2 N–H and O–H groups in total. The van der Waals surface area contributed by atoms with Crippen LogP contribution in [0, 0.1) is 6.92 Å². The Bertz CT molecular complexity index is 526. The van der Waals surface area contributed by atoms with Gasteiger partial charge in [0, 0.05) is 0 Å². The summed E-state index contributed by atoms with van der Waals surface area (Å²) in [6.45, 7) is -0.583. The van der Waals surface area contributed by atoms with E-state index in [4.69, 9.17) is 5.11 Å². The van der Waals surface area contributed by atoms with E-state index in [2.05, 4.69) is 0 Å². The van der Waals surface area contributed by atoms with Crippen LogP contribution in [0.3, 0.4) is 0 Å². The number of benzene rings is 1. The molecule has 18 heavy (non-hydrogen) atoms. The first-order valence-electron chi connectivity index (χ1n) is 4.93. The van der Waals surface area contributed by atoms with E-state index in [0.29, 0.717) is 5.56 Å². The number of alkyl halides is 3. The van der Waals surface area contributed by atoms with Crippen molar-refractivity contribution in [3.8, 4) is 0 Å². The number of aliphatic hydroxyl groups excluding tert-OH is 1. The Morgan fingerprint density at radius 1 is 1.33 bits per heavy atom. The number of sulfonamides is 1. The number of rotatable bonds is 4. The van der Waals surface area contributed by atoms with E-state index in [1.165, 1.54) is 29.8 Å². The van der Waals surface area contributed by atoms with E-state index in [1.54, 1.807) is 0 Å². The summed E-state index contributed by atoms with van der Waals surface area (Å²) in [6.07, 6.45) is -4.62. The highest BCUT2D eigenvalue weighted by Gasteiger charge is 2.30. The molecule has 1 aromatic carbocycles. The second kappa shape index (κ2) is 5.25. The highest BCUT2D eigenvalue weighted by atomic mass is 32.2. The number of aliphatic hydroxyl groups is 1. The molecule has 1 aromatic rings. The predicted octanol–water partition coefficient (Wildman–Crippen LogP) is 1.33. The average Bonchev–Trinajstić information content (AvgIpc) is 2.26. The van der Waals surface area contributed by atoms with Crippen LogP contribution in [0.25, 0.3) is 0 Å². The molecule has 0 unspecified atom stereocenters. The summed E-state index contributed by atoms with van der Waals surface area (Å²) < 4.78 is 60.8. The van der Waals surface area contributed by atoms with E-state index in [-0.39, 0.29) is 17.1 Å². The third-order valence-electron chi connectivity index (χ3n) is 2.32. The Kier molecular flexibility index (Phi) is 4.36. The molecule has 4 nitrogen and oxygen atoms in total. The Hall–Kier alpha value is -1.12. The summed E-state index contributed by atoms with van der Waals surface area (Å²) in [5.74, 6) is 0. The second-order valence-corrected chi connectivity index (χ2v) is 5.37. The average molecular weight is 283 g/mol. The van der Waals surface area contributed by atoms with Crippen molar-refractivity contribution in [2.75, 3.05) is 6.54 Å². The van der Waals surface area contributed by atoms with Gasteiger partial charge in [-0.2, -0.15) is 13.2 Å². The molecule has 0 fully saturated rings. The Balaban J connectivity index is 3.06. The molecule has 0 aliphatic carbocycles. The first-order chi connectivity index (χ1) is 8.17. The molecule has 0 spiro atoms. The summed E-state index contributed by atoms with van der Waals surface area (Å²) in [7, 11) is -4.24. The lowest BCUT2D eigenvalue weighted by atomic mass is 10.1. The fourth-order valence-electron chi connectivity index (χ4n) is 1.38. The SMILES string of the molecule is Cc1c(CO)cccc1S(=O)(=O)NCC(F)(F)F. The zero-order valence-corrected chi connectivity index (χ0v) is 10.3. The standard InChI is InChI=1S/C10H12F3NO3S/c1-7-8(5-15)3-2-4-9(7)18(16,17)14-6-10(11,12)13/h2-4,14-15H,5-6H2,1H3. The minimum absolute atomic E-state index is 0.231. The molecular weight excluding hydrogens is 271 g/mol. The molecule has 0 aliphatic heterocycles. The molecule has 102 valence electrons. The molecule has 0 bridgehead atoms. The highest BCUT2D eigenvalue weighted by molar-refractivity contribution is 7.89. The van der Waals surface area contributed by atoms with Gasteiger partial charge in [0.05, 0.1) is 11.5 Å². The first kappa shape index (κ1) is 14.9. The molecule has 8 heteroatoms. The Morgan fingerprint density at radius 2 is 1.94 bits per heavy atom. The molecule has 0 amide bonds. The van der Waals surface area contributed by atoms with Crippen LogP contribution in [0.1, 0.15) is 11.1 Å². The van der Waals surface area contributed by atoms with E-state index in [1.807, 2.05) is 0 Å². The molecule has 0 aromatic heterocycles. The van der Waals surface area contributed by atoms with E-state index in [0.717, 1.165) is 0 Å².